The Morgan fingerprint density at radius 3 is 2.38 bits per heavy atom. The van der Waals surface area contributed by atoms with Gasteiger partial charge in [-0.15, -0.1) is 0 Å². The van der Waals surface area contributed by atoms with Gasteiger partial charge in [0.25, 0.3) is 5.91 Å². The lowest BCUT2D eigenvalue weighted by Gasteiger charge is -2.25. The summed E-state index contributed by atoms with van der Waals surface area (Å²) in [4.78, 5) is 15.0. The lowest BCUT2D eigenvalue weighted by Crippen LogP contribution is -2.33. The molecule has 0 aliphatic rings. The summed E-state index contributed by atoms with van der Waals surface area (Å²) in [6, 6.07) is 20.5. The molecule has 0 aromatic heterocycles. The van der Waals surface area contributed by atoms with Gasteiger partial charge in [0.2, 0.25) is 0 Å². The van der Waals surface area contributed by atoms with Crippen molar-refractivity contribution in [3.05, 3.63) is 77.9 Å². The first-order chi connectivity index (χ1) is 13.7. The molecule has 29 heavy (non-hydrogen) atoms. The summed E-state index contributed by atoms with van der Waals surface area (Å²) in [7, 11) is -3.60. The molecule has 0 heterocycles. The molecular weight excluding hydrogens is 386 g/mol. The van der Waals surface area contributed by atoms with Crippen molar-refractivity contribution in [2.24, 2.45) is 5.92 Å². The van der Waals surface area contributed by atoms with Gasteiger partial charge >= 0.3 is 10.1 Å². The lowest BCUT2D eigenvalue weighted by molar-refractivity contribution is 0.0722. The minimum absolute atomic E-state index is 0.0566. The van der Waals surface area contributed by atoms with E-state index in [1.165, 1.54) is 0 Å². The number of amides is 1. The first-order valence-corrected chi connectivity index (χ1v) is 11.3. The zero-order chi connectivity index (χ0) is 21.0. The minimum Gasteiger partial charge on any atom is -0.383 e. The topological polar surface area (TPSA) is 63.7 Å². The molecule has 3 aromatic carbocycles. The van der Waals surface area contributed by atoms with Gasteiger partial charge in [-0.05, 0) is 46.5 Å². The third-order valence-electron chi connectivity index (χ3n) is 4.39. The van der Waals surface area contributed by atoms with Crippen LogP contribution in [0.25, 0.3) is 10.8 Å². The zero-order valence-electron chi connectivity index (χ0n) is 16.8. The highest BCUT2D eigenvalue weighted by molar-refractivity contribution is 7.86. The van der Waals surface area contributed by atoms with Crippen molar-refractivity contribution >= 4 is 26.8 Å². The third kappa shape index (κ3) is 5.81. The van der Waals surface area contributed by atoms with E-state index in [9.17, 15) is 13.2 Å². The Hall–Kier alpha value is -2.86. The number of nitrogens with zero attached hydrogens (tertiary/aromatic N) is 1. The maximum atomic E-state index is 13.2. The van der Waals surface area contributed by atoms with Gasteiger partial charge in [-0.3, -0.25) is 4.79 Å². The molecule has 0 atom stereocenters. The van der Waals surface area contributed by atoms with Crippen molar-refractivity contribution in [2.75, 3.05) is 12.8 Å². The van der Waals surface area contributed by atoms with E-state index in [2.05, 4.69) is 13.8 Å². The van der Waals surface area contributed by atoms with E-state index in [0.717, 1.165) is 22.6 Å². The van der Waals surface area contributed by atoms with Crippen LogP contribution < -0.4 is 4.18 Å². The maximum Gasteiger partial charge on any atom is 0.306 e. The fourth-order valence-corrected chi connectivity index (χ4v) is 3.71. The Labute approximate surface area is 172 Å². The molecule has 0 aliphatic heterocycles. The summed E-state index contributed by atoms with van der Waals surface area (Å²) in [5.41, 5.74) is 1.44. The second-order valence-corrected chi connectivity index (χ2v) is 9.15. The van der Waals surface area contributed by atoms with E-state index in [4.69, 9.17) is 4.18 Å². The van der Waals surface area contributed by atoms with Gasteiger partial charge in [-0.2, -0.15) is 8.42 Å². The Balaban J connectivity index is 1.87. The molecule has 3 aromatic rings. The quantitative estimate of drug-likeness (QED) is 0.538. The Morgan fingerprint density at radius 2 is 1.69 bits per heavy atom. The van der Waals surface area contributed by atoms with Crippen LogP contribution in [0.3, 0.4) is 0 Å². The van der Waals surface area contributed by atoms with Crippen LogP contribution in [0.15, 0.2) is 66.7 Å². The highest BCUT2D eigenvalue weighted by Gasteiger charge is 2.18. The maximum absolute atomic E-state index is 13.2. The molecule has 0 saturated carbocycles. The number of carbonyl (C=O) groups excluding carboxylic acids is 1. The van der Waals surface area contributed by atoms with Crippen LogP contribution in [-0.2, 0) is 16.7 Å². The van der Waals surface area contributed by atoms with E-state index >= 15 is 0 Å². The molecule has 6 heteroatoms. The standard InChI is InChI=1S/C23H25NO4S/c1-17(2)15-24(16-18-7-6-10-22(13-18)28-29(3,26)27)23(25)21-12-11-19-8-4-5-9-20(19)14-21/h4-14,17H,15-16H2,1-3H3. The molecule has 0 fully saturated rings. The molecule has 152 valence electrons. The average molecular weight is 412 g/mol. The van der Waals surface area contributed by atoms with Crippen LogP contribution in [0.4, 0.5) is 0 Å². The van der Waals surface area contributed by atoms with E-state index < -0.39 is 10.1 Å². The normalized spacial score (nSPS) is 11.6. The predicted octanol–water partition coefficient (Wildman–Crippen LogP) is 4.48. The van der Waals surface area contributed by atoms with Gasteiger partial charge in [0.15, 0.2) is 0 Å². The Bertz CT molecular complexity index is 1120. The fourth-order valence-electron chi connectivity index (χ4n) is 3.26. The van der Waals surface area contributed by atoms with Crippen LogP contribution in [-0.4, -0.2) is 32.0 Å². The molecule has 0 radical (unpaired) electrons. The third-order valence-corrected chi connectivity index (χ3v) is 4.88. The molecule has 1 amide bonds. The second kappa shape index (κ2) is 8.66. The van der Waals surface area contributed by atoms with Gasteiger partial charge in [0.05, 0.1) is 6.26 Å². The summed E-state index contributed by atoms with van der Waals surface area (Å²) in [6.07, 6.45) is 1.01. The van der Waals surface area contributed by atoms with Gasteiger partial charge in [-0.1, -0.05) is 56.3 Å². The van der Waals surface area contributed by atoms with Crippen molar-refractivity contribution in [3.8, 4) is 5.75 Å². The molecule has 0 N–H and O–H groups in total. The minimum atomic E-state index is -3.60. The summed E-state index contributed by atoms with van der Waals surface area (Å²) in [5.74, 6) is 0.474. The fraction of sp³-hybridized carbons (Fsp3) is 0.261. The number of fused-ring (bicyclic) bond motifs is 1. The SMILES string of the molecule is CC(C)CN(Cc1cccc(OS(C)(=O)=O)c1)C(=O)c1ccc2ccccc2c1. The highest BCUT2D eigenvalue weighted by atomic mass is 32.2. The van der Waals surface area contributed by atoms with Gasteiger partial charge in [0, 0.05) is 18.7 Å². The highest BCUT2D eigenvalue weighted by Crippen LogP contribution is 2.21. The van der Waals surface area contributed by atoms with E-state index in [1.54, 1.807) is 23.1 Å². The van der Waals surface area contributed by atoms with Crippen molar-refractivity contribution < 1.29 is 17.4 Å². The van der Waals surface area contributed by atoms with E-state index in [-0.39, 0.29) is 17.6 Å². The molecule has 0 saturated heterocycles. The number of rotatable bonds is 7. The number of hydrogen-bond donors (Lipinski definition) is 0. The summed E-state index contributed by atoms with van der Waals surface area (Å²) >= 11 is 0. The molecule has 0 aliphatic carbocycles. The van der Waals surface area contributed by atoms with Crippen molar-refractivity contribution in [2.45, 2.75) is 20.4 Å². The van der Waals surface area contributed by atoms with Crippen molar-refractivity contribution in [1.29, 1.82) is 0 Å². The van der Waals surface area contributed by atoms with Gasteiger partial charge < -0.3 is 9.08 Å². The number of benzene rings is 3. The first-order valence-electron chi connectivity index (χ1n) is 9.48. The molecule has 0 unspecified atom stereocenters. The average Bonchev–Trinajstić information content (AvgIpc) is 2.65. The van der Waals surface area contributed by atoms with E-state index in [1.807, 2.05) is 48.5 Å². The Morgan fingerprint density at radius 1 is 0.966 bits per heavy atom. The van der Waals surface area contributed by atoms with Gasteiger partial charge in [0.1, 0.15) is 5.75 Å². The summed E-state index contributed by atoms with van der Waals surface area (Å²) in [6.45, 7) is 5.07. The molecule has 0 spiro atoms. The van der Waals surface area contributed by atoms with Crippen LogP contribution in [0.5, 0.6) is 5.75 Å². The van der Waals surface area contributed by atoms with Crippen LogP contribution in [0.1, 0.15) is 29.8 Å². The van der Waals surface area contributed by atoms with Crippen LogP contribution in [0.2, 0.25) is 0 Å². The van der Waals surface area contributed by atoms with E-state index in [0.29, 0.717) is 18.7 Å². The van der Waals surface area contributed by atoms with Gasteiger partial charge in [-0.25, -0.2) is 0 Å². The lowest BCUT2D eigenvalue weighted by atomic mass is 10.1. The monoisotopic (exact) mass is 411 g/mol. The molecule has 3 rings (SSSR count). The molecule has 0 bridgehead atoms. The van der Waals surface area contributed by atoms with Crippen molar-refractivity contribution in [1.82, 2.24) is 4.90 Å². The Kier molecular flexibility index (Phi) is 6.23. The van der Waals surface area contributed by atoms with Crippen molar-refractivity contribution in [3.63, 3.8) is 0 Å². The van der Waals surface area contributed by atoms with Crippen LogP contribution in [0, 0.1) is 5.92 Å². The first kappa shape index (κ1) is 20.9. The smallest absolute Gasteiger partial charge is 0.306 e. The summed E-state index contributed by atoms with van der Waals surface area (Å²) in [5, 5.41) is 2.11. The molecular formula is C23H25NO4S. The van der Waals surface area contributed by atoms with Crippen LogP contribution >= 0.6 is 0 Å². The predicted molar refractivity (Wildman–Crippen MR) is 115 cm³/mol. The largest absolute Gasteiger partial charge is 0.383 e. The summed E-state index contributed by atoms with van der Waals surface area (Å²) < 4.78 is 27.8. The molecule has 5 nitrogen and oxygen atoms in total. The second-order valence-electron chi connectivity index (χ2n) is 7.58. The number of hydrogen-bond acceptors (Lipinski definition) is 4. The number of carbonyl (C=O) groups is 1. The zero-order valence-corrected chi connectivity index (χ0v) is 17.6.